The lowest BCUT2D eigenvalue weighted by Gasteiger charge is -2.52. The van der Waals surface area contributed by atoms with Crippen molar-refractivity contribution in [2.24, 2.45) is 23.2 Å². The van der Waals surface area contributed by atoms with Gasteiger partial charge in [0.05, 0.1) is 0 Å². The van der Waals surface area contributed by atoms with Crippen LogP contribution in [0, 0.1) is 23.2 Å². The minimum Gasteiger partial charge on any atom is -0.427 e. The summed E-state index contributed by atoms with van der Waals surface area (Å²) in [6.45, 7) is 6.44. The summed E-state index contributed by atoms with van der Waals surface area (Å²) >= 11 is 3.61. The van der Waals surface area contributed by atoms with Crippen LogP contribution in [0.25, 0.3) is 0 Å². The van der Waals surface area contributed by atoms with Gasteiger partial charge in [-0.2, -0.15) is 0 Å². The number of halogens is 1. The molecule has 0 bridgehead atoms. The fourth-order valence-electron chi connectivity index (χ4n) is 6.46. The summed E-state index contributed by atoms with van der Waals surface area (Å²) in [4.78, 5) is 11.3. The van der Waals surface area contributed by atoms with Gasteiger partial charge in [0.15, 0.2) is 0 Å². The molecule has 2 nitrogen and oxygen atoms in total. The molecule has 0 aliphatic heterocycles. The zero-order valence-corrected chi connectivity index (χ0v) is 17.6. The fraction of sp³-hybridized carbons (Fsp3) is 0.609. The van der Waals surface area contributed by atoms with E-state index in [9.17, 15) is 4.79 Å². The molecular formula is C23H29BrO2. The second kappa shape index (κ2) is 6.82. The molecule has 2 saturated carbocycles. The molecule has 26 heavy (non-hydrogen) atoms. The minimum absolute atomic E-state index is 0.239. The van der Waals surface area contributed by atoms with Gasteiger partial charge in [0.25, 0.3) is 0 Å². The van der Waals surface area contributed by atoms with Crippen LogP contribution in [0.2, 0.25) is 0 Å². The molecule has 4 rings (SSSR count). The van der Waals surface area contributed by atoms with Gasteiger partial charge < -0.3 is 4.74 Å². The second-order valence-electron chi connectivity index (χ2n) is 8.80. The van der Waals surface area contributed by atoms with E-state index in [4.69, 9.17) is 4.74 Å². The average Bonchev–Trinajstić information content (AvgIpc) is 2.91. The first-order valence-electron chi connectivity index (χ1n) is 10.0. The Morgan fingerprint density at radius 2 is 2.19 bits per heavy atom. The Morgan fingerprint density at radius 1 is 1.38 bits per heavy atom. The van der Waals surface area contributed by atoms with Crippen LogP contribution in [0.4, 0.5) is 0 Å². The summed E-state index contributed by atoms with van der Waals surface area (Å²) in [5.74, 6) is 3.41. The molecule has 0 radical (unpaired) electrons. The molecule has 3 aliphatic carbocycles. The van der Waals surface area contributed by atoms with Gasteiger partial charge in [-0.05, 0) is 84.5 Å². The number of carbonyl (C=O) groups is 1. The molecule has 0 saturated heterocycles. The second-order valence-corrected chi connectivity index (χ2v) is 9.45. The third kappa shape index (κ3) is 2.87. The number of alkyl halides is 1. The van der Waals surface area contributed by atoms with Crippen LogP contribution >= 0.6 is 15.9 Å². The maximum atomic E-state index is 11.3. The van der Waals surface area contributed by atoms with Crippen LogP contribution in [-0.4, -0.2) is 11.3 Å². The Kier molecular flexibility index (Phi) is 4.79. The topological polar surface area (TPSA) is 26.3 Å². The minimum atomic E-state index is -0.239. The number of ether oxygens (including phenoxy) is 1. The van der Waals surface area contributed by atoms with Gasteiger partial charge in [0.1, 0.15) is 5.75 Å². The van der Waals surface area contributed by atoms with Crippen LogP contribution in [0.1, 0.15) is 63.5 Å². The maximum Gasteiger partial charge on any atom is 0.308 e. The summed E-state index contributed by atoms with van der Waals surface area (Å²) in [7, 11) is 0. The molecule has 0 aromatic heterocycles. The predicted molar refractivity (Wildman–Crippen MR) is 109 cm³/mol. The number of fused-ring (bicyclic) bond motifs is 5. The Labute approximate surface area is 165 Å². The van der Waals surface area contributed by atoms with Crippen molar-refractivity contribution in [3.05, 3.63) is 41.0 Å². The monoisotopic (exact) mass is 416 g/mol. The molecule has 0 heterocycles. The Morgan fingerprint density at radius 3 is 2.92 bits per heavy atom. The normalized spacial score (nSPS) is 37.0. The number of allylic oxidation sites excluding steroid dienone is 2. The van der Waals surface area contributed by atoms with Crippen LogP contribution in [-0.2, 0) is 11.2 Å². The molecule has 1 aromatic carbocycles. The lowest BCUT2D eigenvalue weighted by Crippen LogP contribution is -2.43. The quantitative estimate of drug-likeness (QED) is 0.254. The van der Waals surface area contributed by atoms with E-state index in [1.807, 2.05) is 6.07 Å². The van der Waals surface area contributed by atoms with Crippen molar-refractivity contribution < 1.29 is 9.53 Å². The van der Waals surface area contributed by atoms with Crippen molar-refractivity contribution in [1.29, 1.82) is 0 Å². The number of hydrogen-bond acceptors (Lipinski definition) is 2. The molecule has 0 amide bonds. The molecule has 3 heteroatoms. The van der Waals surface area contributed by atoms with Gasteiger partial charge in [0.2, 0.25) is 0 Å². The molecule has 2 fully saturated rings. The number of rotatable bonds is 2. The highest BCUT2D eigenvalue weighted by Crippen LogP contribution is 2.63. The highest BCUT2D eigenvalue weighted by atomic mass is 79.9. The lowest BCUT2D eigenvalue weighted by atomic mass is 9.52. The van der Waals surface area contributed by atoms with Crippen LogP contribution in [0.3, 0.4) is 0 Å². The molecule has 5 atom stereocenters. The van der Waals surface area contributed by atoms with Crippen LogP contribution in [0.15, 0.2) is 29.8 Å². The number of carbonyl (C=O) groups excluding carboxylic acids is 1. The Balaban J connectivity index is 1.67. The molecule has 3 aliphatic rings. The zero-order chi connectivity index (χ0) is 18.5. The van der Waals surface area contributed by atoms with E-state index in [1.165, 1.54) is 43.7 Å². The van der Waals surface area contributed by atoms with E-state index < -0.39 is 0 Å². The first-order valence-corrected chi connectivity index (χ1v) is 11.1. The zero-order valence-electron chi connectivity index (χ0n) is 16.1. The molecule has 0 spiro atoms. The van der Waals surface area contributed by atoms with Gasteiger partial charge in [-0.15, -0.1) is 0 Å². The lowest BCUT2D eigenvalue weighted by molar-refractivity contribution is -0.131. The van der Waals surface area contributed by atoms with Gasteiger partial charge in [0, 0.05) is 12.3 Å². The van der Waals surface area contributed by atoms with Crippen LogP contribution < -0.4 is 4.74 Å². The highest BCUT2D eigenvalue weighted by molar-refractivity contribution is 9.09. The summed E-state index contributed by atoms with van der Waals surface area (Å²) in [6.07, 6.45) is 8.75. The largest absolute Gasteiger partial charge is 0.427 e. The summed E-state index contributed by atoms with van der Waals surface area (Å²) in [5, 5.41) is 0.982. The number of benzene rings is 1. The summed E-state index contributed by atoms with van der Waals surface area (Å²) < 4.78 is 5.33. The smallest absolute Gasteiger partial charge is 0.308 e. The van der Waals surface area contributed by atoms with E-state index in [-0.39, 0.29) is 5.97 Å². The highest BCUT2D eigenvalue weighted by Gasteiger charge is 2.54. The standard InChI is InChI=1S/C23H29BrO2/c1-14-12-16-13-18(26-15(2)25)5-6-19(16)20-8-10-23(3)17(9-11-24)4-7-21(23)22(14)20/h5-6,9,13-14,20-22H,4,7-8,10-12H2,1-3H3/t14?,20-,21+,22-,23-/m1/s1. The van der Waals surface area contributed by atoms with Crippen molar-refractivity contribution in [1.82, 2.24) is 0 Å². The maximum absolute atomic E-state index is 11.3. The Hall–Kier alpha value is -1.09. The van der Waals surface area contributed by atoms with Crippen molar-refractivity contribution in [3.8, 4) is 5.75 Å². The first kappa shape index (κ1) is 18.3. The third-order valence-corrected chi connectivity index (χ3v) is 7.80. The number of hydrogen-bond donors (Lipinski definition) is 0. The third-order valence-electron chi connectivity index (χ3n) is 7.48. The Bertz CT molecular complexity index is 753. The van der Waals surface area contributed by atoms with Gasteiger partial charge in [-0.1, -0.05) is 47.5 Å². The van der Waals surface area contributed by atoms with E-state index in [2.05, 4.69) is 48.0 Å². The summed E-state index contributed by atoms with van der Waals surface area (Å²) in [6, 6.07) is 6.35. The first-order chi connectivity index (χ1) is 12.4. The molecular weight excluding hydrogens is 388 g/mol. The van der Waals surface area contributed by atoms with E-state index in [1.54, 1.807) is 5.57 Å². The molecule has 1 unspecified atom stereocenters. The molecule has 0 N–H and O–H groups in total. The van der Waals surface area contributed by atoms with E-state index >= 15 is 0 Å². The predicted octanol–water partition coefficient (Wildman–Crippen LogP) is 6.04. The average molecular weight is 417 g/mol. The molecule has 1 aromatic rings. The van der Waals surface area contributed by atoms with E-state index in [0.29, 0.717) is 23.0 Å². The van der Waals surface area contributed by atoms with Crippen LogP contribution in [0.5, 0.6) is 5.75 Å². The van der Waals surface area contributed by atoms with Crippen molar-refractivity contribution >= 4 is 21.9 Å². The molecule has 140 valence electrons. The fourth-order valence-corrected chi connectivity index (χ4v) is 6.85. The van der Waals surface area contributed by atoms with Crippen molar-refractivity contribution in [3.63, 3.8) is 0 Å². The van der Waals surface area contributed by atoms with E-state index in [0.717, 1.165) is 23.6 Å². The number of esters is 1. The SMILES string of the molecule is CC(=O)Oc1ccc2c(c1)CC(C)[C@@H]1[C@@H]2CC[C@]2(C)C(=CCBr)CC[C@@H]12. The van der Waals surface area contributed by atoms with Crippen molar-refractivity contribution in [2.75, 3.05) is 5.33 Å². The van der Waals surface area contributed by atoms with Gasteiger partial charge in [-0.25, -0.2) is 0 Å². The van der Waals surface area contributed by atoms with Gasteiger partial charge >= 0.3 is 5.97 Å². The van der Waals surface area contributed by atoms with Crippen molar-refractivity contribution in [2.45, 2.75) is 58.8 Å². The van der Waals surface area contributed by atoms with Gasteiger partial charge in [-0.3, -0.25) is 4.79 Å². The summed E-state index contributed by atoms with van der Waals surface area (Å²) in [5.41, 5.74) is 5.01.